The number of nitrogens with one attached hydrogen (secondary N) is 1. The molecule has 12 heteroatoms. The standard InChI is InChI=1S/C18H16F2N4O5S/c1-28-18-22-9-12(10-23-18)8-21-16(25)13-6-7-24(11-13)30(26,27)15-4-2-14(3-5-15)29-17(19)20/h2-7,9-11,17H,8H2,1H3,(H,21,25). The highest BCUT2D eigenvalue weighted by Crippen LogP contribution is 2.20. The van der Waals surface area contributed by atoms with Crippen molar-refractivity contribution in [1.29, 1.82) is 0 Å². The Morgan fingerprint density at radius 1 is 1.17 bits per heavy atom. The van der Waals surface area contributed by atoms with Crippen LogP contribution in [-0.4, -0.2) is 42.0 Å². The third-order valence-electron chi connectivity index (χ3n) is 3.87. The van der Waals surface area contributed by atoms with Crippen molar-refractivity contribution in [3.63, 3.8) is 0 Å². The lowest BCUT2D eigenvalue weighted by atomic mass is 10.3. The molecule has 0 unspecified atom stereocenters. The summed E-state index contributed by atoms with van der Waals surface area (Å²) in [4.78, 5) is 20.0. The Hall–Kier alpha value is -3.54. The number of carbonyl (C=O) groups is 1. The van der Waals surface area contributed by atoms with Crippen molar-refractivity contribution in [3.05, 3.63) is 66.2 Å². The van der Waals surface area contributed by atoms with Crippen LogP contribution in [0.5, 0.6) is 11.8 Å². The van der Waals surface area contributed by atoms with Crippen molar-refractivity contribution >= 4 is 15.9 Å². The number of amides is 1. The van der Waals surface area contributed by atoms with E-state index in [0.717, 1.165) is 34.4 Å². The monoisotopic (exact) mass is 438 g/mol. The summed E-state index contributed by atoms with van der Waals surface area (Å²) in [7, 11) is -2.58. The number of carbonyl (C=O) groups excluding carboxylic acids is 1. The van der Waals surface area contributed by atoms with E-state index in [1.54, 1.807) is 0 Å². The molecule has 9 nitrogen and oxygen atoms in total. The van der Waals surface area contributed by atoms with Gasteiger partial charge in [0.25, 0.3) is 15.9 Å². The average molecular weight is 438 g/mol. The number of ether oxygens (including phenoxy) is 2. The fraction of sp³-hybridized carbons (Fsp3) is 0.167. The number of halogens is 2. The minimum absolute atomic E-state index is 0.116. The minimum Gasteiger partial charge on any atom is -0.467 e. The fourth-order valence-electron chi connectivity index (χ4n) is 2.40. The van der Waals surface area contributed by atoms with Gasteiger partial charge in [-0.1, -0.05) is 0 Å². The Morgan fingerprint density at radius 2 is 1.83 bits per heavy atom. The zero-order valence-corrected chi connectivity index (χ0v) is 16.3. The lowest BCUT2D eigenvalue weighted by Gasteiger charge is -2.08. The Bertz CT molecular complexity index is 1120. The third-order valence-corrected chi connectivity index (χ3v) is 5.52. The van der Waals surface area contributed by atoms with E-state index in [1.165, 1.54) is 31.8 Å². The number of aromatic nitrogens is 3. The molecule has 0 aliphatic rings. The second kappa shape index (κ2) is 8.86. The number of benzene rings is 1. The first-order valence-electron chi connectivity index (χ1n) is 8.41. The maximum absolute atomic E-state index is 12.7. The van der Waals surface area contributed by atoms with Gasteiger partial charge in [0.15, 0.2) is 0 Å². The summed E-state index contributed by atoms with van der Waals surface area (Å²) >= 11 is 0. The molecule has 0 atom stereocenters. The molecule has 2 heterocycles. The van der Waals surface area contributed by atoms with Crippen LogP contribution in [0.3, 0.4) is 0 Å². The van der Waals surface area contributed by atoms with Gasteiger partial charge in [0, 0.05) is 36.9 Å². The summed E-state index contributed by atoms with van der Waals surface area (Å²) in [6, 6.07) is 6.04. The van der Waals surface area contributed by atoms with Gasteiger partial charge in [0.2, 0.25) is 0 Å². The molecule has 1 N–H and O–H groups in total. The highest BCUT2D eigenvalue weighted by Gasteiger charge is 2.19. The van der Waals surface area contributed by atoms with Gasteiger partial charge >= 0.3 is 12.6 Å². The molecule has 0 bridgehead atoms. The molecule has 3 rings (SSSR count). The van der Waals surface area contributed by atoms with Gasteiger partial charge in [0.05, 0.1) is 17.6 Å². The summed E-state index contributed by atoms with van der Waals surface area (Å²) in [6.45, 7) is -2.88. The van der Waals surface area contributed by atoms with Crippen LogP contribution in [0.1, 0.15) is 15.9 Å². The largest absolute Gasteiger partial charge is 0.467 e. The van der Waals surface area contributed by atoms with Crippen molar-refractivity contribution in [2.45, 2.75) is 18.1 Å². The van der Waals surface area contributed by atoms with Gasteiger partial charge in [-0.25, -0.2) is 22.4 Å². The van der Waals surface area contributed by atoms with Gasteiger partial charge in [-0.2, -0.15) is 8.78 Å². The molecule has 0 aliphatic heterocycles. The molecule has 30 heavy (non-hydrogen) atoms. The molecule has 0 fully saturated rings. The van der Waals surface area contributed by atoms with E-state index in [4.69, 9.17) is 4.74 Å². The molecule has 0 saturated carbocycles. The van der Waals surface area contributed by atoms with Gasteiger partial charge in [-0.15, -0.1) is 0 Å². The Balaban J connectivity index is 1.68. The van der Waals surface area contributed by atoms with Gasteiger partial charge in [0.1, 0.15) is 5.75 Å². The first-order chi connectivity index (χ1) is 14.3. The van der Waals surface area contributed by atoms with E-state index in [-0.39, 0.29) is 28.8 Å². The average Bonchev–Trinajstić information content (AvgIpc) is 3.24. The van der Waals surface area contributed by atoms with Crippen LogP contribution in [-0.2, 0) is 16.6 Å². The summed E-state index contributed by atoms with van der Waals surface area (Å²) in [5.41, 5.74) is 0.743. The Labute approximate surface area is 170 Å². The van der Waals surface area contributed by atoms with E-state index in [0.29, 0.717) is 5.56 Å². The number of nitrogens with zero attached hydrogens (tertiary/aromatic N) is 3. The van der Waals surface area contributed by atoms with E-state index < -0.39 is 22.5 Å². The quantitative estimate of drug-likeness (QED) is 0.573. The van der Waals surface area contributed by atoms with E-state index in [2.05, 4.69) is 20.0 Å². The molecule has 0 spiro atoms. The second-order valence-corrected chi connectivity index (χ2v) is 7.69. The van der Waals surface area contributed by atoms with Crippen LogP contribution in [0.25, 0.3) is 0 Å². The Morgan fingerprint density at radius 3 is 2.43 bits per heavy atom. The minimum atomic E-state index is -4.01. The highest BCUT2D eigenvalue weighted by atomic mass is 32.2. The van der Waals surface area contributed by atoms with Crippen LogP contribution in [0.15, 0.2) is 60.0 Å². The van der Waals surface area contributed by atoms with Crippen molar-refractivity contribution in [1.82, 2.24) is 19.3 Å². The maximum atomic E-state index is 12.7. The number of alkyl halides is 2. The van der Waals surface area contributed by atoms with Crippen LogP contribution in [0.4, 0.5) is 8.78 Å². The first kappa shape index (κ1) is 21.2. The number of hydrogen-bond donors (Lipinski definition) is 1. The highest BCUT2D eigenvalue weighted by molar-refractivity contribution is 7.90. The lowest BCUT2D eigenvalue weighted by Crippen LogP contribution is -2.22. The van der Waals surface area contributed by atoms with Crippen LogP contribution in [0, 0.1) is 0 Å². The van der Waals surface area contributed by atoms with Crippen molar-refractivity contribution in [2.24, 2.45) is 0 Å². The van der Waals surface area contributed by atoms with E-state index >= 15 is 0 Å². The maximum Gasteiger partial charge on any atom is 0.387 e. The topological polar surface area (TPSA) is 112 Å². The molecule has 3 aromatic rings. The zero-order chi connectivity index (χ0) is 21.7. The van der Waals surface area contributed by atoms with Crippen molar-refractivity contribution in [2.75, 3.05) is 7.11 Å². The molecule has 0 saturated heterocycles. The summed E-state index contributed by atoms with van der Waals surface area (Å²) < 4.78 is 59.6. The van der Waals surface area contributed by atoms with Crippen LogP contribution < -0.4 is 14.8 Å². The van der Waals surface area contributed by atoms with E-state index in [1.807, 2.05) is 0 Å². The summed E-state index contributed by atoms with van der Waals surface area (Å²) in [5.74, 6) is -0.667. The number of hydrogen-bond acceptors (Lipinski definition) is 7. The molecule has 1 aromatic carbocycles. The Kier molecular flexibility index (Phi) is 6.26. The van der Waals surface area contributed by atoms with E-state index in [9.17, 15) is 22.0 Å². The number of methoxy groups -OCH3 is 1. The van der Waals surface area contributed by atoms with Crippen molar-refractivity contribution < 1.29 is 31.5 Å². The van der Waals surface area contributed by atoms with Gasteiger partial charge in [-0.05, 0) is 30.3 Å². The van der Waals surface area contributed by atoms with Gasteiger partial charge < -0.3 is 14.8 Å². The van der Waals surface area contributed by atoms with Crippen molar-refractivity contribution in [3.8, 4) is 11.8 Å². The molecule has 1 amide bonds. The fourth-order valence-corrected chi connectivity index (χ4v) is 3.60. The SMILES string of the molecule is COc1ncc(CNC(=O)c2ccn(S(=O)(=O)c3ccc(OC(F)F)cc3)c2)cn1. The molecule has 158 valence electrons. The molecule has 2 aromatic heterocycles. The first-order valence-corrected chi connectivity index (χ1v) is 9.85. The smallest absolute Gasteiger partial charge is 0.387 e. The predicted octanol–water partition coefficient (Wildman–Crippen LogP) is 2.06. The molecular weight excluding hydrogens is 422 g/mol. The van der Waals surface area contributed by atoms with Crippen LogP contribution >= 0.6 is 0 Å². The third kappa shape index (κ3) is 4.89. The van der Waals surface area contributed by atoms with Crippen LogP contribution in [0.2, 0.25) is 0 Å². The predicted molar refractivity (Wildman–Crippen MR) is 99.8 cm³/mol. The summed E-state index contributed by atoms with van der Waals surface area (Å²) in [6.07, 6.45) is 5.34. The molecule has 0 radical (unpaired) electrons. The molecular formula is C18H16F2N4O5S. The van der Waals surface area contributed by atoms with Gasteiger partial charge in [-0.3, -0.25) is 4.79 Å². The summed E-state index contributed by atoms with van der Waals surface area (Å²) in [5, 5.41) is 2.63. The molecule has 0 aliphatic carbocycles. The normalized spacial score (nSPS) is 11.3. The zero-order valence-electron chi connectivity index (χ0n) is 15.5. The number of rotatable bonds is 8. The second-order valence-electron chi connectivity index (χ2n) is 5.85. The lowest BCUT2D eigenvalue weighted by molar-refractivity contribution is -0.0498.